The molecule has 1 aliphatic rings. The second kappa shape index (κ2) is 51.4. The molecule has 11 nitrogen and oxygen atoms in total. The van der Waals surface area contributed by atoms with Gasteiger partial charge in [0.2, 0.25) is 5.91 Å². The number of hydrogen-bond donors (Lipinski definition) is 6. The molecule has 432 valence electrons. The van der Waals surface area contributed by atoms with Crippen LogP contribution in [-0.2, 0) is 23.8 Å². The number of esters is 1. The lowest BCUT2D eigenvalue weighted by atomic mass is 9.99. The molecule has 1 heterocycles. The molecule has 1 saturated heterocycles. The molecule has 0 aliphatic carbocycles. The van der Waals surface area contributed by atoms with Crippen LogP contribution in [0.3, 0.4) is 0 Å². The standard InChI is InChI=1S/C63H115NO10/c1-4-7-10-13-16-19-22-25-26-27-28-29-30-33-36-39-42-45-48-51-58(68)74-61-60(70)59(69)57(52-65)73-63(61)72-53-54(55(66)49-46-43-40-37-34-31-23-20-17-14-11-8-5-2)64-62(71)56(67)50-47-44-41-38-35-32-24-21-18-15-12-9-6-3/h16,19,25-26,35,38,46,49,54-57,59-61,63,65-67,69-70H,4-15,17-18,20-24,27-34,36-37,39-45,47-48,50-53H2,1-3H3,(H,64,71)/b19-16-,26-25-,38-35-,49-46+. The van der Waals surface area contributed by atoms with Crippen molar-refractivity contribution in [2.45, 2.75) is 327 Å². The predicted octanol–water partition coefficient (Wildman–Crippen LogP) is 14.4. The Morgan fingerprint density at radius 1 is 0.527 bits per heavy atom. The van der Waals surface area contributed by atoms with E-state index in [-0.39, 0.29) is 19.4 Å². The van der Waals surface area contributed by atoms with Gasteiger partial charge in [0, 0.05) is 6.42 Å². The molecule has 74 heavy (non-hydrogen) atoms. The highest BCUT2D eigenvalue weighted by molar-refractivity contribution is 5.80. The first kappa shape index (κ1) is 69.6. The molecular weight excluding hydrogens is 931 g/mol. The van der Waals surface area contributed by atoms with Crippen molar-refractivity contribution < 1.29 is 49.3 Å². The predicted molar refractivity (Wildman–Crippen MR) is 306 cm³/mol. The minimum atomic E-state index is -1.62. The number of nitrogens with one attached hydrogen (secondary N) is 1. The van der Waals surface area contributed by atoms with Crippen molar-refractivity contribution in [1.82, 2.24) is 5.32 Å². The zero-order chi connectivity index (χ0) is 54.0. The molecule has 8 unspecified atom stereocenters. The second-order valence-electron chi connectivity index (χ2n) is 21.4. The molecular formula is C63H115NO10. The molecule has 0 bridgehead atoms. The van der Waals surface area contributed by atoms with E-state index in [1.54, 1.807) is 6.08 Å². The first-order valence-corrected chi connectivity index (χ1v) is 30.9. The number of rotatable bonds is 52. The maximum atomic E-state index is 13.4. The maximum absolute atomic E-state index is 13.4. The Morgan fingerprint density at radius 3 is 1.42 bits per heavy atom. The minimum Gasteiger partial charge on any atom is -0.454 e. The average Bonchev–Trinajstić information content (AvgIpc) is 3.40. The van der Waals surface area contributed by atoms with E-state index in [0.29, 0.717) is 12.8 Å². The van der Waals surface area contributed by atoms with Crippen molar-refractivity contribution in [3.8, 4) is 0 Å². The number of aliphatic hydroxyl groups excluding tert-OH is 5. The monoisotopic (exact) mass is 1050 g/mol. The van der Waals surface area contributed by atoms with Crippen LogP contribution in [0.2, 0.25) is 0 Å². The second-order valence-corrected chi connectivity index (χ2v) is 21.4. The Balaban J connectivity index is 2.69. The third kappa shape index (κ3) is 39.1. The summed E-state index contributed by atoms with van der Waals surface area (Å²) in [6.45, 7) is 5.76. The summed E-state index contributed by atoms with van der Waals surface area (Å²) < 4.78 is 17.6. The lowest BCUT2D eigenvalue weighted by molar-refractivity contribution is -0.305. The van der Waals surface area contributed by atoms with E-state index in [9.17, 15) is 35.1 Å². The van der Waals surface area contributed by atoms with Gasteiger partial charge < -0.3 is 45.1 Å². The van der Waals surface area contributed by atoms with Gasteiger partial charge in [-0.25, -0.2) is 0 Å². The van der Waals surface area contributed by atoms with E-state index in [4.69, 9.17) is 14.2 Å². The number of ether oxygens (including phenoxy) is 3. The summed E-state index contributed by atoms with van der Waals surface area (Å²) in [5.74, 6) is -1.21. The summed E-state index contributed by atoms with van der Waals surface area (Å²) in [6, 6.07) is -1.03. The lowest BCUT2D eigenvalue weighted by Gasteiger charge is -2.41. The Morgan fingerprint density at radius 2 is 0.932 bits per heavy atom. The number of unbranched alkanes of at least 4 members (excludes halogenated alkanes) is 32. The van der Waals surface area contributed by atoms with Gasteiger partial charge in [0.1, 0.15) is 24.4 Å². The largest absolute Gasteiger partial charge is 0.454 e. The van der Waals surface area contributed by atoms with Crippen LogP contribution in [0, 0.1) is 0 Å². The first-order chi connectivity index (χ1) is 36.2. The number of carbonyl (C=O) groups excluding carboxylic acids is 2. The van der Waals surface area contributed by atoms with Crippen LogP contribution in [0.4, 0.5) is 0 Å². The SMILES string of the molecule is CCCCC/C=C\C/C=C\CCCCCCCCCCCC(=O)OC1C(OCC(NC(=O)C(O)CCCC/C=C\CCCCCCCCC)C(O)/C=C/CCCCCCCCCCCCC)OC(CO)C(O)C1O. The molecule has 6 N–H and O–H groups in total. The molecule has 1 fully saturated rings. The van der Waals surface area contributed by atoms with E-state index >= 15 is 0 Å². The quantitative estimate of drug-likeness (QED) is 0.0195. The number of carbonyl (C=O) groups is 2. The van der Waals surface area contributed by atoms with Gasteiger partial charge in [0.15, 0.2) is 12.4 Å². The maximum Gasteiger partial charge on any atom is 0.306 e. The minimum absolute atomic E-state index is 0.117. The van der Waals surface area contributed by atoms with Crippen molar-refractivity contribution in [3.63, 3.8) is 0 Å². The normalized spacial score (nSPS) is 19.6. The van der Waals surface area contributed by atoms with Gasteiger partial charge in [0.05, 0.1) is 25.4 Å². The van der Waals surface area contributed by atoms with Gasteiger partial charge >= 0.3 is 5.97 Å². The van der Waals surface area contributed by atoms with Crippen LogP contribution in [0.5, 0.6) is 0 Å². The summed E-state index contributed by atoms with van der Waals surface area (Å²) in [6.07, 6.45) is 51.5. The summed E-state index contributed by atoms with van der Waals surface area (Å²) in [5, 5.41) is 56.9. The number of allylic oxidation sites excluding steroid dienone is 7. The van der Waals surface area contributed by atoms with Gasteiger partial charge in [-0.15, -0.1) is 0 Å². The molecule has 0 aromatic carbocycles. The van der Waals surface area contributed by atoms with Gasteiger partial charge in [-0.3, -0.25) is 9.59 Å². The summed E-state index contributed by atoms with van der Waals surface area (Å²) >= 11 is 0. The first-order valence-electron chi connectivity index (χ1n) is 30.9. The van der Waals surface area contributed by atoms with E-state index < -0.39 is 67.4 Å². The van der Waals surface area contributed by atoms with Crippen LogP contribution in [0.25, 0.3) is 0 Å². The zero-order valence-electron chi connectivity index (χ0n) is 47.7. The van der Waals surface area contributed by atoms with Crippen LogP contribution >= 0.6 is 0 Å². The van der Waals surface area contributed by atoms with Crippen LogP contribution < -0.4 is 5.32 Å². The van der Waals surface area contributed by atoms with Gasteiger partial charge in [-0.2, -0.15) is 0 Å². The molecule has 0 spiro atoms. The van der Waals surface area contributed by atoms with E-state index in [1.165, 1.54) is 161 Å². The molecule has 0 aromatic rings. The molecule has 1 rings (SSSR count). The molecule has 0 aromatic heterocycles. The Kier molecular flexibility index (Phi) is 48.3. The molecule has 11 heteroatoms. The number of aliphatic hydroxyl groups is 5. The zero-order valence-corrected chi connectivity index (χ0v) is 47.7. The summed E-state index contributed by atoms with van der Waals surface area (Å²) in [4.78, 5) is 26.5. The van der Waals surface area contributed by atoms with Crippen LogP contribution in [0.1, 0.15) is 278 Å². The van der Waals surface area contributed by atoms with Gasteiger partial charge in [-0.05, 0) is 83.5 Å². The Labute approximate surface area is 453 Å². The Bertz CT molecular complexity index is 1390. The fraction of sp³-hybridized carbons (Fsp3) is 0.841. The fourth-order valence-electron chi connectivity index (χ4n) is 9.50. The van der Waals surface area contributed by atoms with Gasteiger partial charge in [-0.1, -0.05) is 236 Å². The third-order valence-corrected chi connectivity index (χ3v) is 14.5. The highest BCUT2D eigenvalue weighted by atomic mass is 16.7. The molecule has 1 amide bonds. The van der Waals surface area contributed by atoms with E-state index in [1.807, 2.05) is 6.08 Å². The molecule has 8 atom stereocenters. The highest BCUT2D eigenvalue weighted by Gasteiger charge is 2.47. The number of hydrogen-bond acceptors (Lipinski definition) is 10. The molecule has 0 saturated carbocycles. The number of amides is 1. The smallest absolute Gasteiger partial charge is 0.306 e. The highest BCUT2D eigenvalue weighted by Crippen LogP contribution is 2.26. The third-order valence-electron chi connectivity index (χ3n) is 14.5. The lowest BCUT2D eigenvalue weighted by Crippen LogP contribution is -2.61. The Hall–Kier alpha value is -2.38. The summed E-state index contributed by atoms with van der Waals surface area (Å²) in [5.41, 5.74) is 0. The van der Waals surface area contributed by atoms with Crippen LogP contribution in [0.15, 0.2) is 48.6 Å². The topological polar surface area (TPSA) is 175 Å². The van der Waals surface area contributed by atoms with E-state index in [0.717, 1.165) is 70.6 Å². The van der Waals surface area contributed by atoms with E-state index in [2.05, 4.69) is 62.5 Å². The fourth-order valence-corrected chi connectivity index (χ4v) is 9.50. The molecule has 0 radical (unpaired) electrons. The van der Waals surface area contributed by atoms with Crippen molar-refractivity contribution in [1.29, 1.82) is 0 Å². The average molecular weight is 1050 g/mol. The van der Waals surface area contributed by atoms with Crippen molar-refractivity contribution >= 4 is 11.9 Å². The van der Waals surface area contributed by atoms with Gasteiger partial charge in [0.25, 0.3) is 0 Å². The van der Waals surface area contributed by atoms with Crippen LogP contribution in [-0.4, -0.2) is 99.6 Å². The van der Waals surface area contributed by atoms with Crippen molar-refractivity contribution in [2.75, 3.05) is 13.2 Å². The molecule has 1 aliphatic heterocycles. The van der Waals surface area contributed by atoms with Crippen molar-refractivity contribution in [3.05, 3.63) is 48.6 Å². The summed E-state index contributed by atoms with van der Waals surface area (Å²) in [7, 11) is 0. The van der Waals surface area contributed by atoms with Crippen molar-refractivity contribution in [2.24, 2.45) is 0 Å².